The lowest BCUT2D eigenvalue weighted by molar-refractivity contribution is -0.624. The summed E-state index contributed by atoms with van der Waals surface area (Å²) in [6.45, 7) is -2.82. The summed E-state index contributed by atoms with van der Waals surface area (Å²) in [6.07, 6.45) is 3.23. The number of rotatable bonds is 8. The second-order valence-corrected chi connectivity index (χ2v) is 7.13. The molecule has 0 radical (unpaired) electrons. The van der Waals surface area contributed by atoms with Gasteiger partial charge in [0.2, 0.25) is 0 Å². The molecule has 0 fully saturated rings. The van der Waals surface area contributed by atoms with Gasteiger partial charge in [-0.05, 0) is 35.3 Å². The summed E-state index contributed by atoms with van der Waals surface area (Å²) in [6, 6.07) is 11.6. The molecule has 3 heterocycles. The zero-order valence-electron chi connectivity index (χ0n) is 19.7. The monoisotopic (exact) mass is 558 g/mol. The van der Waals surface area contributed by atoms with E-state index < -0.39 is 48.8 Å². The van der Waals surface area contributed by atoms with E-state index in [1.165, 1.54) is 48.7 Å². The Hall–Kier alpha value is -4.79. The van der Waals surface area contributed by atoms with E-state index in [2.05, 4.69) is 25.0 Å². The molecule has 0 aromatic carbocycles. The molecule has 0 saturated carbocycles. The summed E-state index contributed by atoms with van der Waals surface area (Å²) in [5.74, 6) is -9.87. The number of halogens is 6. The highest BCUT2D eigenvalue weighted by atomic mass is 19.3. The average molecular weight is 558 g/mol. The molecule has 0 unspecified atom stereocenters. The summed E-state index contributed by atoms with van der Waals surface area (Å²) in [7, 11) is 0. The Bertz CT molecular complexity index is 1290. The number of hydrogen-bond acceptors (Lipinski definition) is 6. The predicted octanol–water partition coefficient (Wildman–Crippen LogP) is 4.58. The molecule has 18 heteroatoms. The lowest BCUT2D eigenvalue weighted by Gasteiger charge is -2.12. The van der Waals surface area contributed by atoms with Crippen LogP contribution in [0.25, 0.3) is 20.9 Å². The van der Waals surface area contributed by atoms with Gasteiger partial charge in [-0.3, -0.25) is 4.98 Å². The first kappa shape index (κ1) is 32.2. The molecule has 3 aromatic rings. The maximum atomic E-state index is 13.1. The Balaban J connectivity index is 0.000000293. The van der Waals surface area contributed by atoms with Crippen LogP contribution < -0.4 is 15.2 Å². The molecule has 0 aliphatic rings. The zero-order valence-corrected chi connectivity index (χ0v) is 19.7. The van der Waals surface area contributed by atoms with E-state index in [4.69, 9.17) is 16.8 Å². The van der Waals surface area contributed by atoms with Crippen LogP contribution in [0.3, 0.4) is 0 Å². The van der Waals surface area contributed by atoms with Gasteiger partial charge in [-0.2, -0.15) is 35.8 Å². The van der Waals surface area contributed by atoms with Crippen LogP contribution in [0.4, 0.5) is 26.3 Å². The van der Waals surface area contributed by atoms with E-state index in [1.54, 1.807) is 0 Å². The summed E-state index contributed by atoms with van der Waals surface area (Å²) in [4.78, 5) is 7.94. The van der Waals surface area contributed by atoms with Gasteiger partial charge in [0.05, 0.1) is 13.1 Å². The molecule has 0 spiro atoms. The van der Waals surface area contributed by atoms with Crippen molar-refractivity contribution in [2.75, 3.05) is 19.6 Å². The molecule has 208 valence electrons. The van der Waals surface area contributed by atoms with Crippen LogP contribution in [0.5, 0.6) is 0 Å². The first-order chi connectivity index (χ1) is 18.3. The molecule has 0 bridgehead atoms. The highest BCUT2D eigenvalue weighted by molar-refractivity contribution is 5.10. The number of nitrogens with two attached hydrogens (primary N) is 1. The summed E-state index contributed by atoms with van der Waals surface area (Å²) in [5.41, 5.74) is 18.8. The molecule has 3 rings (SSSR count). The summed E-state index contributed by atoms with van der Waals surface area (Å²) >= 11 is 0. The predicted molar refractivity (Wildman–Crippen MR) is 124 cm³/mol. The Labute approximate surface area is 216 Å². The molecule has 0 aliphatic heterocycles. The van der Waals surface area contributed by atoms with Crippen molar-refractivity contribution < 1.29 is 35.8 Å². The SMILES string of the molecule is NCC(F)(F)c1cccc[n+]1[O-].[N-]=[N+]=NCC(F)(F)c1cccc[n+]1[O-].[N-]=[N+]=NCC(F)(F)c1ccccn1. The highest BCUT2D eigenvalue weighted by Crippen LogP contribution is 2.26. The van der Waals surface area contributed by atoms with E-state index in [1.807, 2.05) is 0 Å². The molecule has 0 amide bonds. The van der Waals surface area contributed by atoms with Gasteiger partial charge < -0.3 is 16.1 Å². The van der Waals surface area contributed by atoms with E-state index >= 15 is 0 Å². The molecule has 3 aromatic heterocycles. The molecule has 2 N–H and O–H groups in total. The van der Waals surface area contributed by atoms with E-state index in [-0.39, 0.29) is 15.2 Å². The van der Waals surface area contributed by atoms with Gasteiger partial charge in [0.15, 0.2) is 12.4 Å². The maximum Gasteiger partial charge on any atom is 0.343 e. The summed E-state index contributed by atoms with van der Waals surface area (Å²) < 4.78 is 78.0. The van der Waals surface area contributed by atoms with Crippen molar-refractivity contribution in [3.05, 3.63) is 122 Å². The second-order valence-electron chi connectivity index (χ2n) is 7.13. The Morgan fingerprint density at radius 2 is 1.21 bits per heavy atom. The van der Waals surface area contributed by atoms with Crippen molar-refractivity contribution in [3.63, 3.8) is 0 Å². The van der Waals surface area contributed by atoms with E-state index in [9.17, 15) is 36.8 Å². The minimum absolute atomic E-state index is 0.0485. The standard InChI is InChI=1S/C7H6F2N4O.C7H6F2N4.C7H8F2N2O/c8-7(9,5-11-12-10)6-3-1-2-4-13(6)14;8-7(9,5-12-13-10)6-3-1-2-4-11-6;8-7(9,5-10)6-3-1-2-4-11(6)12/h1-4H,5H2;1-4H,5H2;1-4H,5,10H2. The minimum Gasteiger partial charge on any atom is -0.618 e. The van der Waals surface area contributed by atoms with Gasteiger partial charge in [0.25, 0.3) is 17.3 Å². The first-order valence-corrected chi connectivity index (χ1v) is 10.5. The third-order valence-corrected chi connectivity index (χ3v) is 4.36. The normalized spacial score (nSPS) is 10.9. The number of aromatic nitrogens is 3. The maximum absolute atomic E-state index is 13.1. The fourth-order valence-corrected chi connectivity index (χ4v) is 2.51. The Morgan fingerprint density at radius 3 is 1.62 bits per heavy atom. The van der Waals surface area contributed by atoms with Crippen molar-refractivity contribution in [3.8, 4) is 0 Å². The second kappa shape index (κ2) is 14.8. The lowest BCUT2D eigenvalue weighted by atomic mass is 10.2. The quantitative estimate of drug-likeness (QED) is 0.106. The zero-order chi connectivity index (χ0) is 29.5. The third-order valence-electron chi connectivity index (χ3n) is 4.36. The van der Waals surface area contributed by atoms with Crippen LogP contribution in [-0.4, -0.2) is 24.6 Å². The number of hydrogen-bond donors (Lipinski definition) is 1. The van der Waals surface area contributed by atoms with Crippen LogP contribution in [0, 0.1) is 10.4 Å². The first-order valence-electron chi connectivity index (χ1n) is 10.5. The highest BCUT2D eigenvalue weighted by Gasteiger charge is 2.38. The van der Waals surface area contributed by atoms with E-state index in [0.717, 1.165) is 24.5 Å². The number of azide groups is 2. The topological polar surface area (TPSA) is 190 Å². The van der Waals surface area contributed by atoms with Crippen LogP contribution in [0.1, 0.15) is 17.1 Å². The van der Waals surface area contributed by atoms with Gasteiger partial charge in [-0.1, -0.05) is 16.3 Å². The number of alkyl halides is 6. The van der Waals surface area contributed by atoms with Crippen molar-refractivity contribution in [1.82, 2.24) is 4.98 Å². The Kier molecular flexibility index (Phi) is 12.3. The van der Waals surface area contributed by atoms with Gasteiger partial charge in [0, 0.05) is 40.3 Å². The van der Waals surface area contributed by atoms with E-state index in [0.29, 0.717) is 0 Å². The molecular weight excluding hydrogens is 538 g/mol. The lowest BCUT2D eigenvalue weighted by Crippen LogP contribution is -2.41. The fourth-order valence-electron chi connectivity index (χ4n) is 2.51. The fraction of sp³-hybridized carbons (Fsp3) is 0.286. The molecular formula is C21H20F6N10O2. The van der Waals surface area contributed by atoms with Gasteiger partial charge >= 0.3 is 11.8 Å². The van der Waals surface area contributed by atoms with Crippen molar-refractivity contribution in [2.24, 2.45) is 16.0 Å². The van der Waals surface area contributed by atoms with Crippen LogP contribution in [0.2, 0.25) is 0 Å². The van der Waals surface area contributed by atoms with Crippen molar-refractivity contribution in [2.45, 2.75) is 17.8 Å². The van der Waals surface area contributed by atoms with Gasteiger partial charge in [0.1, 0.15) is 12.2 Å². The molecule has 0 saturated heterocycles. The van der Waals surface area contributed by atoms with Crippen LogP contribution in [-0.2, 0) is 17.8 Å². The molecule has 0 aliphatic carbocycles. The minimum atomic E-state index is -3.44. The van der Waals surface area contributed by atoms with Gasteiger partial charge in [-0.25, -0.2) is 0 Å². The van der Waals surface area contributed by atoms with Crippen molar-refractivity contribution >= 4 is 0 Å². The van der Waals surface area contributed by atoms with Crippen LogP contribution >= 0.6 is 0 Å². The Morgan fingerprint density at radius 1 is 0.744 bits per heavy atom. The number of nitrogens with zero attached hydrogens (tertiary/aromatic N) is 9. The number of pyridine rings is 3. The smallest absolute Gasteiger partial charge is 0.343 e. The van der Waals surface area contributed by atoms with Crippen LogP contribution in [0.15, 0.2) is 83.4 Å². The third kappa shape index (κ3) is 10.2. The molecule has 0 atom stereocenters. The molecule has 12 nitrogen and oxygen atoms in total. The van der Waals surface area contributed by atoms with Gasteiger partial charge in [-0.15, -0.1) is 0 Å². The largest absolute Gasteiger partial charge is 0.618 e. The molecule has 39 heavy (non-hydrogen) atoms. The average Bonchev–Trinajstić information content (AvgIpc) is 2.92. The summed E-state index contributed by atoms with van der Waals surface area (Å²) in [5, 5.41) is 27.3. The van der Waals surface area contributed by atoms with Crippen molar-refractivity contribution in [1.29, 1.82) is 0 Å².